The van der Waals surface area contributed by atoms with Crippen LogP contribution in [0.25, 0.3) is 0 Å². The third kappa shape index (κ3) is 5.30. The summed E-state index contributed by atoms with van der Waals surface area (Å²) in [6, 6.07) is 6.27. The van der Waals surface area contributed by atoms with Crippen molar-refractivity contribution in [1.82, 2.24) is 0 Å². The van der Waals surface area contributed by atoms with Gasteiger partial charge in [-0.05, 0) is 31.0 Å². The fourth-order valence-corrected chi connectivity index (χ4v) is 3.44. The molecule has 2 atom stereocenters. The summed E-state index contributed by atoms with van der Waals surface area (Å²) in [5.74, 6) is 0.977. The first-order valence-corrected chi connectivity index (χ1v) is 9.21. The lowest BCUT2D eigenvalue weighted by Gasteiger charge is -2.30. The van der Waals surface area contributed by atoms with Gasteiger partial charge in [-0.1, -0.05) is 61.4 Å². The third-order valence-electron chi connectivity index (χ3n) is 4.31. The molecule has 0 saturated heterocycles. The van der Waals surface area contributed by atoms with Crippen LogP contribution in [0.1, 0.15) is 76.3 Å². The monoisotopic (exact) mass is 353 g/mol. The summed E-state index contributed by atoms with van der Waals surface area (Å²) in [7, 11) is 0. The molecule has 0 bridgehead atoms. The van der Waals surface area contributed by atoms with Gasteiger partial charge in [0.1, 0.15) is 11.9 Å². The van der Waals surface area contributed by atoms with Crippen LogP contribution in [-0.4, -0.2) is 6.10 Å². The molecule has 1 aliphatic heterocycles. The molecule has 2 nitrogen and oxygen atoms in total. The molecular formula is C18H28BrNO. The molecule has 1 aliphatic rings. The molecule has 1 aromatic rings. The fraction of sp³-hybridized carbons (Fsp3) is 0.667. The average Bonchev–Trinajstić information content (AvgIpc) is 2.47. The average molecular weight is 354 g/mol. The van der Waals surface area contributed by atoms with Crippen LogP contribution in [0.4, 0.5) is 0 Å². The van der Waals surface area contributed by atoms with E-state index in [1.54, 1.807) is 0 Å². The largest absolute Gasteiger partial charge is 0.490 e. The van der Waals surface area contributed by atoms with Gasteiger partial charge in [-0.2, -0.15) is 0 Å². The van der Waals surface area contributed by atoms with Crippen LogP contribution in [0.15, 0.2) is 22.7 Å². The summed E-state index contributed by atoms with van der Waals surface area (Å²) in [5.41, 5.74) is 7.43. The van der Waals surface area contributed by atoms with Gasteiger partial charge in [0.15, 0.2) is 0 Å². The molecule has 1 unspecified atom stereocenters. The molecule has 0 fully saturated rings. The van der Waals surface area contributed by atoms with Gasteiger partial charge in [0.05, 0.1) is 0 Å². The van der Waals surface area contributed by atoms with E-state index >= 15 is 0 Å². The Morgan fingerprint density at radius 3 is 2.62 bits per heavy atom. The van der Waals surface area contributed by atoms with Crippen molar-refractivity contribution in [2.75, 3.05) is 0 Å². The molecule has 0 aromatic heterocycles. The number of ether oxygens (including phenoxy) is 1. The van der Waals surface area contributed by atoms with Gasteiger partial charge in [0.2, 0.25) is 0 Å². The Morgan fingerprint density at radius 2 is 1.86 bits per heavy atom. The number of hydrogen-bond acceptors (Lipinski definition) is 2. The smallest absolute Gasteiger partial charge is 0.124 e. The van der Waals surface area contributed by atoms with Gasteiger partial charge in [-0.15, -0.1) is 0 Å². The Balaban J connectivity index is 1.70. The van der Waals surface area contributed by atoms with Crippen molar-refractivity contribution in [1.29, 1.82) is 0 Å². The second-order valence-corrected chi connectivity index (χ2v) is 7.09. The summed E-state index contributed by atoms with van der Waals surface area (Å²) in [6.45, 7) is 2.26. The number of fused-ring (bicyclic) bond motifs is 1. The minimum atomic E-state index is 0.112. The van der Waals surface area contributed by atoms with E-state index in [9.17, 15) is 0 Å². The summed E-state index contributed by atoms with van der Waals surface area (Å²) >= 11 is 3.50. The third-order valence-corrected chi connectivity index (χ3v) is 4.80. The lowest BCUT2D eigenvalue weighted by Crippen LogP contribution is -2.29. The number of benzene rings is 1. The Kier molecular flexibility index (Phi) is 7.05. The molecular weight excluding hydrogens is 326 g/mol. The summed E-state index contributed by atoms with van der Waals surface area (Å²) in [6.07, 6.45) is 11.8. The normalized spacial score (nSPS) is 20.9. The fourth-order valence-electron chi connectivity index (χ4n) is 3.06. The zero-order chi connectivity index (χ0) is 15.1. The number of rotatable bonds is 8. The zero-order valence-corrected chi connectivity index (χ0v) is 14.7. The van der Waals surface area contributed by atoms with Crippen LogP contribution in [0.5, 0.6) is 5.75 Å². The van der Waals surface area contributed by atoms with Crippen LogP contribution < -0.4 is 10.5 Å². The Morgan fingerprint density at radius 1 is 1.14 bits per heavy atom. The molecule has 0 radical (unpaired) electrons. The van der Waals surface area contributed by atoms with E-state index in [-0.39, 0.29) is 6.04 Å². The number of unbranched alkanes of at least 4 members (excludes halogenated alkanes) is 6. The van der Waals surface area contributed by atoms with E-state index < -0.39 is 0 Å². The van der Waals surface area contributed by atoms with Crippen LogP contribution in [0, 0.1) is 0 Å². The van der Waals surface area contributed by atoms with Crippen LogP contribution >= 0.6 is 15.9 Å². The maximum atomic E-state index is 6.29. The topological polar surface area (TPSA) is 35.2 Å². The molecule has 0 spiro atoms. The zero-order valence-electron chi connectivity index (χ0n) is 13.1. The van der Waals surface area contributed by atoms with Crippen molar-refractivity contribution >= 4 is 15.9 Å². The predicted octanol–water partition coefficient (Wildman–Crippen LogP) is 5.74. The molecule has 2 rings (SSSR count). The first-order valence-electron chi connectivity index (χ1n) is 8.42. The van der Waals surface area contributed by atoms with E-state index in [1.807, 2.05) is 12.1 Å². The quantitative estimate of drug-likeness (QED) is 0.604. The molecule has 3 heteroatoms. The molecule has 0 saturated carbocycles. The molecule has 1 heterocycles. The van der Waals surface area contributed by atoms with E-state index in [2.05, 4.69) is 28.9 Å². The van der Waals surface area contributed by atoms with Gasteiger partial charge in [0, 0.05) is 22.5 Å². The molecule has 21 heavy (non-hydrogen) atoms. The SMILES string of the molecule is CCCCCCCCCC1C[C@H](N)c2cc(Br)ccc2O1. The minimum absolute atomic E-state index is 0.112. The maximum Gasteiger partial charge on any atom is 0.124 e. The molecule has 2 N–H and O–H groups in total. The highest BCUT2D eigenvalue weighted by atomic mass is 79.9. The van der Waals surface area contributed by atoms with Gasteiger partial charge in [0.25, 0.3) is 0 Å². The molecule has 0 amide bonds. The van der Waals surface area contributed by atoms with Crippen molar-refractivity contribution in [3.63, 3.8) is 0 Å². The Bertz CT molecular complexity index is 435. The highest BCUT2D eigenvalue weighted by Crippen LogP contribution is 2.36. The van der Waals surface area contributed by atoms with E-state index in [0.717, 1.165) is 28.6 Å². The summed E-state index contributed by atoms with van der Waals surface area (Å²) < 4.78 is 7.18. The van der Waals surface area contributed by atoms with Crippen LogP contribution in [0.2, 0.25) is 0 Å². The van der Waals surface area contributed by atoms with Crippen molar-refractivity contribution in [3.8, 4) is 5.75 Å². The molecule has 1 aromatic carbocycles. The maximum absolute atomic E-state index is 6.29. The van der Waals surface area contributed by atoms with Crippen molar-refractivity contribution < 1.29 is 4.74 Å². The standard InChI is InChI=1S/C18H28BrNO/c1-2-3-4-5-6-7-8-9-15-13-17(20)16-12-14(19)10-11-18(16)21-15/h10-12,15,17H,2-9,13,20H2,1H3/t15?,17-/m0/s1. The van der Waals surface area contributed by atoms with Gasteiger partial charge >= 0.3 is 0 Å². The lowest BCUT2D eigenvalue weighted by molar-refractivity contribution is 0.146. The summed E-state index contributed by atoms with van der Waals surface area (Å²) in [4.78, 5) is 0. The highest BCUT2D eigenvalue weighted by Gasteiger charge is 2.25. The second kappa shape index (κ2) is 8.79. The molecule has 118 valence electrons. The lowest BCUT2D eigenvalue weighted by atomic mass is 9.94. The van der Waals surface area contributed by atoms with Gasteiger partial charge in [-0.3, -0.25) is 0 Å². The first kappa shape index (κ1) is 16.8. The van der Waals surface area contributed by atoms with E-state index in [0.29, 0.717) is 6.10 Å². The van der Waals surface area contributed by atoms with Crippen molar-refractivity contribution in [2.45, 2.75) is 76.9 Å². The van der Waals surface area contributed by atoms with Crippen molar-refractivity contribution in [3.05, 3.63) is 28.2 Å². The number of nitrogens with two attached hydrogens (primary N) is 1. The highest BCUT2D eigenvalue weighted by molar-refractivity contribution is 9.10. The first-order chi connectivity index (χ1) is 10.2. The number of hydrogen-bond donors (Lipinski definition) is 1. The van der Waals surface area contributed by atoms with E-state index in [1.165, 1.54) is 44.9 Å². The van der Waals surface area contributed by atoms with Gasteiger partial charge in [-0.25, -0.2) is 0 Å². The number of halogens is 1. The Hall–Kier alpha value is -0.540. The molecule has 0 aliphatic carbocycles. The second-order valence-electron chi connectivity index (χ2n) is 6.17. The summed E-state index contributed by atoms with van der Waals surface area (Å²) in [5, 5.41) is 0. The minimum Gasteiger partial charge on any atom is -0.490 e. The van der Waals surface area contributed by atoms with Gasteiger partial charge < -0.3 is 10.5 Å². The van der Waals surface area contributed by atoms with Crippen LogP contribution in [0.3, 0.4) is 0 Å². The van der Waals surface area contributed by atoms with Crippen LogP contribution in [-0.2, 0) is 0 Å². The van der Waals surface area contributed by atoms with E-state index in [4.69, 9.17) is 10.5 Å². The predicted molar refractivity (Wildman–Crippen MR) is 92.7 cm³/mol. The van der Waals surface area contributed by atoms with Crippen molar-refractivity contribution in [2.24, 2.45) is 5.73 Å². The Labute approximate surface area is 137 Å².